The maximum atomic E-state index is 5.21. The Morgan fingerprint density at radius 3 is 2.31 bits per heavy atom. The molecule has 1 aromatic heterocycles. The van der Waals surface area contributed by atoms with Gasteiger partial charge in [-0.2, -0.15) is 0 Å². The van der Waals surface area contributed by atoms with Gasteiger partial charge in [-0.15, -0.1) is 0 Å². The summed E-state index contributed by atoms with van der Waals surface area (Å²) in [6.07, 6.45) is 5.50. The van der Waals surface area contributed by atoms with Crippen molar-refractivity contribution >= 4 is 0 Å². The van der Waals surface area contributed by atoms with E-state index >= 15 is 0 Å². The zero-order chi connectivity index (χ0) is 11.8. The van der Waals surface area contributed by atoms with E-state index in [4.69, 9.17) is 4.42 Å². The van der Waals surface area contributed by atoms with Crippen molar-refractivity contribution in [2.24, 2.45) is 0 Å². The summed E-state index contributed by atoms with van der Waals surface area (Å²) in [5, 5.41) is 0. The highest BCUT2D eigenvalue weighted by molar-refractivity contribution is 5.56. The van der Waals surface area contributed by atoms with Crippen LogP contribution < -0.4 is 0 Å². The summed E-state index contributed by atoms with van der Waals surface area (Å²) in [6.45, 7) is 6.18. The average molecular weight is 217 g/mol. The van der Waals surface area contributed by atoms with Crippen LogP contribution in [0.25, 0.3) is 11.3 Å². The third-order valence-electron chi connectivity index (χ3n) is 2.21. The van der Waals surface area contributed by atoms with Gasteiger partial charge in [0.05, 0.1) is 6.20 Å². The van der Waals surface area contributed by atoms with Crippen molar-refractivity contribution in [2.45, 2.75) is 33.6 Å². The number of aryl methyl sites for hydroxylation is 1. The van der Waals surface area contributed by atoms with Crippen LogP contribution in [0.3, 0.4) is 0 Å². The monoisotopic (exact) mass is 217 g/mol. The summed E-state index contributed by atoms with van der Waals surface area (Å²) in [6, 6.07) is 8.43. The zero-order valence-electron chi connectivity index (χ0n) is 10.2. The zero-order valence-corrected chi connectivity index (χ0v) is 10.2. The lowest BCUT2D eigenvalue weighted by atomic mass is 10.1. The second-order valence-corrected chi connectivity index (χ2v) is 3.31. The minimum absolute atomic E-state index is 0.827. The molecule has 0 saturated carbocycles. The van der Waals surface area contributed by atoms with Crippen molar-refractivity contribution in [1.29, 1.82) is 0 Å². The van der Waals surface area contributed by atoms with Gasteiger partial charge in [0.2, 0.25) is 0 Å². The molecule has 0 unspecified atom stereocenters. The molecule has 0 N–H and O–H groups in total. The number of hydrogen-bond acceptors (Lipinski definition) is 2. The Morgan fingerprint density at radius 1 is 1.12 bits per heavy atom. The Labute approximate surface area is 97.3 Å². The van der Waals surface area contributed by atoms with E-state index in [1.807, 2.05) is 13.8 Å². The highest BCUT2D eigenvalue weighted by Crippen LogP contribution is 2.19. The molecular weight excluding hydrogens is 198 g/mol. The second-order valence-electron chi connectivity index (χ2n) is 3.31. The van der Waals surface area contributed by atoms with E-state index < -0.39 is 0 Å². The van der Waals surface area contributed by atoms with Gasteiger partial charge in [0, 0.05) is 5.56 Å². The summed E-state index contributed by atoms with van der Waals surface area (Å²) in [5.74, 6) is 0.827. The van der Waals surface area contributed by atoms with Gasteiger partial charge >= 0.3 is 0 Å². The summed E-state index contributed by atoms with van der Waals surface area (Å²) >= 11 is 0. The topological polar surface area (TPSA) is 26.0 Å². The summed E-state index contributed by atoms with van der Waals surface area (Å²) in [4.78, 5) is 3.89. The van der Waals surface area contributed by atoms with Crippen LogP contribution in [-0.4, -0.2) is 4.98 Å². The normalized spacial score (nSPS) is 9.44. The van der Waals surface area contributed by atoms with E-state index in [-0.39, 0.29) is 0 Å². The lowest BCUT2D eigenvalue weighted by Gasteiger charge is -1.99. The van der Waals surface area contributed by atoms with Gasteiger partial charge in [-0.05, 0) is 12.0 Å². The maximum Gasteiger partial charge on any atom is 0.181 e. The first-order valence-corrected chi connectivity index (χ1v) is 5.88. The van der Waals surface area contributed by atoms with Crippen molar-refractivity contribution in [1.82, 2.24) is 4.98 Å². The number of rotatable bonds is 3. The third-order valence-corrected chi connectivity index (χ3v) is 2.21. The Bertz CT molecular complexity index is 376. The maximum absolute atomic E-state index is 5.21. The number of aromatic nitrogens is 1. The first kappa shape index (κ1) is 12.5. The molecule has 86 valence electrons. The highest BCUT2D eigenvalue weighted by Gasteiger charge is 2.00. The molecule has 0 amide bonds. The van der Waals surface area contributed by atoms with Crippen LogP contribution in [-0.2, 0) is 6.42 Å². The molecule has 2 rings (SSSR count). The SMILES string of the molecule is CC.CCCc1ccc(-c2cnco2)cc1. The fourth-order valence-electron chi connectivity index (χ4n) is 1.48. The molecule has 0 aliphatic rings. The molecule has 16 heavy (non-hydrogen) atoms. The minimum Gasteiger partial charge on any atom is -0.444 e. The van der Waals surface area contributed by atoms with Crippen LogP contribution in [0.2, 0.25) is 0 Å². The number of benzene rings is 1. The molecule has 0 saturated heterocycles. The molecule has 0 fully saturated rings. The summed E-state index contributed by atoms with van der Waals surface area (Å²) in [5.41, 5.74) is 2.46. The molecule has 2 nitrogen and oxygen atoms in total. The molecule has 2 heteroatoms. The Balaban J connectivity index is 0.000000606. The van der Waals surface area contributed by atoms with Gasteiger partial charge in [0.15, 0.2) is 12.2 Å². The number of oxazole rings is 1. The van der Waals surface area contributed by atoms with E-state index in [2.05, 4.69) is 36.2 Å². The fourth-order valence-corrected chi connectivity index (χ4v) is 1.48. The fraction of sp³-hybridized carbons (Fsp3) is 0.357. The average Bonchev–Trinajstić information content (AvgIpc) is 2.87. The standard InChI is InChI=1S/C12H13NO.C2H6/c1-2-3-10-4-6-11(7-5-10)12-8-13-9-14-12;1-2/h4-9H,2-3H2,1H3;1-2H3. The molecule has 1 heterocycles. The van der Waals surface area contributed by atoms with E-state index in [1.54, 1.807) is 6.20 Å². The number of hydrogen-bond donors (Lipinski definition) is 0. The Hall–Kier alpha value is -1.57. The second kappa shape index (κ2) is 6.83. The predicted molar refractivity (Wildman–Crippen MR) is 67.3 cm³/mol. The van der Waals surface area contributed by atoms with Crippen molar-refractivity contribution in [2.75, 3.05) is 0 Å². The van der Waals surface area contributed by atoms with Gasteiger partial charge < -0.3 is 4.42 Å². The van der Waals surface area contributed by atoms with Crippen molar-refractivity contribution in [3.05, 3.63) is 42.4 Å². The van der Waals surface area contributed by atoms with Gasteiger partial charge in [0.1, 0.15) is 0 Å². The third kappa shape index (κ3) is 3.23. The van der Waals surface area contributed by atoms with E-state index in [0.717, 1.165) is 17.7 Å². The van der Waals surface area contributed by atoms with Gasteiger partial charge in [-0.25, -0.2) is 4.98 Å². The predicted octanol–water partition coefficient (Wildman–Crippen LogP) is 4.32. The smallest absolute Gasteiger partial charge is 0.181 e. The molecule has 0 bridgehead atoms. The first-order valence-electron chi connectivity index (χ1n) is 5.88. The van der Waals surface area contributed by atoms with Crippen LogP contribution in [0, 0.1) is 0 Å². The van der Waals surface area contributed by atoms with Crippen LogP contribution in [0.1, 0.15) is 32.8 Å². The van der Waals surface area contributed by atoms with Gasteiger partial charge in [0.25, 0.3) is 0 Å². The van der Waals surface area contributed by atoms with Crippen molar-refractivity contribution in [3.63, 3.8) is 0 Å². The van der Waals surface area contributed by atoms with Crippen LogP contribution in [0.5, 0.6) is 0 Å². The molecule has 1 aromatic carbocycles. The molecule has 0 radical (unpaired) electrons. The van der Waals surface area contributed by atoms with E-state index in [9.17, 15) is 0 Å². The van der Waals surface area contributed by atoms with Crippen LogP contribution in [0.4, 0.5) is 0 Å². The van der Waals surface area contributed by atoms with Gasteiger partial charge in [-0.3, -0.25) is 0 Å². The molecule has 2 aromatic rings. The van der Waals surface area contributed by atoms with Crippen molar-refractivity contribution < 1.29 is 4.42 Å². The van der Waals surface area contributed by atoms with E-state index in [1.165, 1.54) is 18.4 Å². The first-order chi connectivity index (χ1) is 7.90. The summed E-state index contributed by atoms with van der Waals surface area (Å²) in [7, 11) is 0. The molecule has 0 aliphatic carbocycles. The molecule has 0 spiro atoms. The molecule has 0 aliphatic heterocycles. The quantitative estimate of drug-likeness (QED) is 0.765. The summed E-state index contributed by atoms with van der Waals surface area (Å²) < 4.78 is 5.21. The Kier molecular flexibility index (Phi) is 5.34. The minimum atomic E-state index is 0.827. The lowest BCUT2D eigenvalue weighted by molar-refractivity contribution is 0.572. The van der Waals surface area contributed by atoms with Crippen LogP contribution >= 0.6 is 0 Å². The van der Waals surface area contributed by atoms with Gasteiger partial charge in [-0.1, -0.05) is 51.5 Å². The molecular formula is C14H19NO. The number of nitrogens with zero attached hydrogens (tertiary/aromatic N) is 1. The Morgan fingerprint density at radius 2 is 1.81 bits per heavy atom. The van der Waals surface area contributed by atoms with Crippen LogP contribution in [0.15, 0.2) is 41.3 Å². The van der Waals surface area contributed by atoms with E-state index in [0.29, 0.717) is 0 Å². The molecule has 0 atom stereocenters. The lowest BCUT2D eigenvalue weighted by Crippen LogP contribution is -1.82. The largest absolute Gasteiger partial charge is 0.444 e. The van der Waals surface area contributed by atoms with Crippen molar-refractivity contribution in [3.8, 4) is 11.3 Å². The highest BCUT2D eigenvalue weighted by atomic mass is 16.3.